The first-order valence-electron chi connectivity index (χ1n) is 3.81. The monoisotopic (exact) mass is 172 g/mol. The van der Waals surface area contributed by atoms with Crippen LogP contribution < -0.4 is 0 Å². The molecule has 0 aromatic heterocycles. The van der Waals surface area contributed by atoms with Gasteiger partial charge in [-0.05, 0) is 6.92 Å². The fourth-order valence-corrected chi connectivity index (χ4v) is 0.874. The molecular weight excluding hydrogens is 160 g/mol. The van der Waals surface area contributed by atoms with E-state index < -0.39 is 0 Å². The third-order valence-corrected chi connectivity index (χ3v) is 1.36. The van der Waals surface area contributed by atoms with Gasteiger partial charge in [-0.1, -0.05) is 6.08 Å². The Labute approximate surface area is 71.1 Å². The van der Waals surface area contributed by atoms with Crippen LogP contribution in [0.25, 0.3) is 0 Å². The number of carbonyl (C=O) groups is 1. The van der Waals surface area contributed by atoms with Crippen molar-refractivity contribution < 1.29 is 19.0 Å². The summed E-state index contributed by atoms with van der Waals surface area (Å²) in [7, 11) is 0. The normalized spacial score (nSPS) is 19.8. The van der Waals surface area contributed by atoms with Crippen LogP contribution in [0.2, 0.25) is 0 Å². The lowest BCUT2D eigenvalue weighted by Gasteiger charge is -2.21. The van der Waals surface area contributed by atoms with Crippen LogP contribution in [0.4, 0.5) is 0 Å². The Morgan fingerprint density at radius 1 is 1.50 bits per heavy atom. The van der Waals surface area contributed by atoms with Crippen molar-refractivity contribution in [2.45, 2.75) is 13.0 Å². The van der Waals surface area contributed by atoms with E-state index in [1.165, 1.54) is 6.08 Å². The maximum absolute atomic E-state index is 10.9. The van der Waals surface area contributed by atoms with Gasteiger partial charge in [0.2, 0.25) is 0 Å². The molecule has 0 aromatic rings. The first-order valence-corrected chi connectivity index (χ1v) is 3.81. The van der Waals surface area contributed by atoms with E-state index in [-0.39, 0.29) is 18.9 Å². The van der Waals surface area contributed by atoms with E-state index in [2.05, 4.69) is 0 Å². The van der Waals surface area contributed by atoms with Gasteiger partial charge in [0.05, 0.1) is 13.2 Å². The van der Waals surface area contributed by atoms with Crippen LogP contribution in [0.1, 0.15) is 6.92 Å². The topological polar surface area (TPSA) is 44.8 Å². The van der Waals surface area contributed by atoms with Crippen molar-refractivity contribution >= 4 is 5.97 Å². The average Bonchev–Trinajstić information content (AvgIpc) is 2.06. The molecule has 0 unspecified atom stereocenters. The second kappa shape index (κ2) is 4.90. The average molecular weight is 172 g/mol. The first-order chi connectivity index (χ1) is 5.83. The highest BCUT2D eigenvalue weighted by Crippen LogP contribution is 2.01. The molecule has 1 rings (SSSR count). The lowest BCUT2D eigenvalue weighted by Crippen LogP contribution is -2.33. The molecule has 1 fully saturated rings. The Morgan fingerprint density at radius 3 is 2.75 bits per heavy atom. The number of hydrogen-bond acceptors (Lipinski definition) is 4. The molecule has 1 aliphatic rings. The fourth-order valence-electron chi connectivity index (χ4n) is 0.874. The van der Waals surface area contributed by atoms with Gasteiger partial charge in [0.15, 0.2) is 0 Å². The van der Waals surface area contributed by atoms with Crippen molar-refractivity contribution in [3.8, 4) is 0 Å². The van der Waals surface area contributed by atoms with E-state index in [9.17, 15) is 4.79 Å². The van der Waals surface area contributed by atoms with E-state index in [0.717, 1.165) is 0 Å². The highest BCUT2D eigenvalue weighted by molar-refractivity contribution is 5.81. The molecule has 4 nitrogen and oxygen atoms in total. The maximum Gasteiger partial charge on any atom is 0.330 e. The highest BCUT2D eigenvalue weighted by Gasteiger charge is 2.16. The van der Waals surface area contributed by atoms with Crippen LogP contribution in [0.15, 0.2) is 12.2 Å². The molecule has 0 amide bonds. The quantitative estimate of drug-likeness (QED) is 0.449. The van der Waals surface area contributed by atoms with E-state index in [1.807, 2.05) is 0 Å². The highest BCUT2D eigenvalue weighted by atomic mass is 16.7. The molecule has 1 heterocycles. The first kappa shape index (κ1) is 9.22. The van der Waals surface area contributed by atoms with Crippen molar-refractivity contribution in [1.29, 1.82) is 0 Å². The van der Waals surface area contributed by atoms with Crippen molar-refractivity contribution in [2.24, 2.45) is 0 Å². The summed E-state index contributed by atoms with van der Waals surface area (Å²) in [5.74, 6) is -0.350. The van der Waals surface area contributed by atoms with Gasteiger partial charge in [0, 0.05) is 6.08 Å². The predicted molar refractivity (Wildman–Crippen MR) is 41.5 cm³/mol. The van der Waals surface area contributed by atoms with E-state index in [4.69, 9.17) is 14.2 Å². The van der Waals surface area contributed by atoms with Gasteiger partial charge >= 0.3 is 5.97 Å². The zero-order valence-corrected chi connectivity index (χ0v) is 6.99. The molecule has 68 valence electrons. The number of hydrogen-bond donors (Lipinski definition) is 0. The minimum Gasteiger partial charge on any atom is -0.454 e. The van der Waals surface area contributed by atoms with Crippen molar-refractivity contribution in [2.75, 3.05) is 20.0 Å². The summed E-state index contributed by atoms with van der Waals surface area (Å²) in [6.45, 7) is 2.89. The number of carbonyl (C=O) groups excluding carboxylic acids is 1. The van der Waals surface area contributed by atoms with Crippen LogP contribution in [0.3, 0.4) is 0 Å². The summed E-state index contributed by atoms with van der Waals surface area (Å²) in [6.07, 6.45) is 2.74. The second-order valence-electron chi connectivity index (χ2n) is 2.42. The lowest BCUT2D eigenvalue weighted by molar-refractivity contribution is -0.179. The lowest BCUT2D eigenvalue weighted by atomic mass is 10.4. The van der Waals surface area contributed by atoms with Crippen LogP contribution in [-0.2, 0) is 19.0 Å². The van der Waals surface area contributed by atoms with Gasteiger partial charge in [0.25, 0.3) is 0 Å². The van der Waals surface area contributed by atoms with Crippen LogP contribution >= 0.6 is 0 Å². The van der Waals surface area contributed by atoms with Crippen molar-refractivity contribution in [3.63, 3.8) is 0 Å². The molecule has 0 N–H and O–H groups in total. The van der Waals surface area contributed by atoms with Gasteiger partial charge in [-0.2, -0.15) is 0 Å². The molecule has 4 heteroatoms. The maximum atomic E-state index is 10.9. The van der Waals surface area contributed by atoms with E-state index >= 15 is 0 Å². The number of allylic oxidation sites excluding steroid dienone is 1. The third kappa shape index (κ3) is 3.02. The summed E-state index contributed by atoms with van der Waals surface area (Å²) >= 11 is 0. The molecule has 12 heavy (non-hydrogen) atoms. The molecule has 0 aromatic carbocycles. The van der Waals surface area contributed by atoms with Crippen LogP contribution in [0.5, 0.6) is 0 Å². The summed E-state index contributed by atoms with van der Waals surface area (Å²) in [5.41, 5.74) is 0. The minimum atomic E-state index is -0.350. The summed E-state index contributed by atoms with van der Waals surface area (Å²) in [5, 5.41) is 0. The Hall–Kier alpha value is -0.870. The molecule has 0 bridgehead atoms. The molecule has 1 aliphatic heterocycles. The molecule has 1 saturated heterocycles. The number of ether oxygens (including phenoxy) is 3. The zero-order valence-electron chi connectivity index (χ0n) is 6.99. The third-order valence-electron chi connectivity index (χ3n) is 1.36. The second-order valence-corrected chi connectivity index (χ2v) is 2.42. The molecule has 0 atom stereocenters. The molecule has 0 radical (unpaired) electrons. The Morgan fingerprint density at radius 2 is 2.17 bits per heavy atom. The molecular formula is C8H12O4. The van der Waals surface area contributed by atoms with Crippen molar-refractivity contribution in [3.05, 3.63) is 12.2 Å². The van der Waals surface area contributed by atoms with Crippen LogP contribution in [0, 0.1) is 0 Å². The molecule has 0 spiro atoms. The predicted octanol–water partition coefficient (Wildman–Crippen LogP) is 0.479. The summed E-state index contributed by atoms with van der Waals surface area (Å²) < 4.78 is 14.8. The molecule has 0 aliphatic carbocycles. The fraction of sp³-hybridized carbons (Fsp3) is 0.625. The van der Waals surface area contributed by atoms with E-state index in [1.54, 1.807) is 13.0 Å². The zero-order chi connectivity index (χ0) is 8.81. The summed E-state index contributed by atoms with van der Waals surface area (Å²) in [4.78, 5) is 10.9. The van der Waals surface area contributed by atoms with Gasteiger partial charge in [-0.15, -0.1) is 0 Å². The van der Waals surface area contributed by atoms with Gasteiger partial charge in [-0.25, -0.2) is 4.79 Å². The van der Waals surface area contributed by atoms with Crippen LogP contribution in [-0.4, -0.2) is 32.1 Å². The largest absolute Gasteiger partial charge is 0.454 e. The Bertz CT molecular complexity index is 170. The standard InChI is InChI=1S/C8H12O4/c1-2-3-8(9)12-7-4-10-6-11-5-7/h2-3,7H,4-6H2,1H3/b3-2+. The van der Waals surface area contributed by atoms with Crippen molar-refractivity contribution in [1.82, 2.24) is 0 Å². The van der Waals surface area contributed by atoms with Gasteiger partial charge in [-0.3, -0.25) is 0 Å². The Balaban J connectivity index is 2.24. The van der Waals surface area contributed by atoms with Gasteiger partial charge < -0.3 is 14.2 Å². The smallest absolute Gasteiger partial charge is 0.330 e. The Kier molecular flexibility index (Phi) is 3.76. The van der Waals surface area contributed by atoms with E-state index in [0.29, 0.717) is 13.2 Å². The molecule has 0 saturated carbocycles. The summed E-state index contributed by atoms with van der Waals surface area (Å²) in [6, 6.07) is 0. The van der Waals surface area contributed by atoms with Gasteiger partial charge in [0.1, 0.15) is 12.9 Å². The number of rotatable bonds is 2. The SMILES string of the molecule is C/C=C/C(=O)OC1COCOC1. The minimum absolute atomic E-state index is 0.262. The number of esters is 1.